The first kappa shape index (κ1) is 22.9. The first-order valence-electron chi connectivity index (χ1n) is 10.6. The van der Waals surface area contributed by atoms with Gasteiger partial charge in [0.1, 0.15) is 17.1 Å². The smallest absolute Gasteiger partial charge is 0.255 e. The SMILES string of the molecule is CN(C)c1ccc(O)c2c1C[C@H]1C[C@H]3[C@H](N(C)C)C(=O)C(C(N)=O)=C(O)[C@@]3(O)C(=O)C1C2=O. The summed E-state index contributed by atoms with van der Waals surface area (Å²) >= 11 is 0. The minimum absolute atomic E-state index is 0.00693. The van der Waals surface area contributed by atoms with Crippen LogP contribution >= 0.6 is 0 Å². The number of nitrogens with zero attached hydrogens (tertiary/aromatic N) is 2. The van der Waals surface area contributed by atoms with Crippen LogP contribution in [0.3, 0.4) is 0 Å². The normalized spacial score (nSPS) is 31.3. The minimum Gasteiger partial charge on any atom is -0.508 e. The number of carbonyl (C=O) groups is 4. The van der Waals surface area contributed by atoms with E-state index in [0.29, 0.717) is 11.3 Å². The van der Waals surface area contributed by atoms with Crippen LogP contribution in [0.1, 0.15) is 22.3 Å². The summed E-state index contributed by atoms with van der Waals surface area (Å²) in [4.78, 5) is 55.5. The molecule has 0 aromatic heterocycles. The van der Waals surface area contributed by atoms with E-state index in [1.165, 1.54) is 11.0 Å². The lowest BCUT2D eigenvalue weighted by atomic mass is 9.54. The summed E-state index contributed by atoms with van der Waals surface area (Å²) in [6.45, 7) is 0. The Kier molecular flexibility index (Phi) is 5.14. The molecule has 0 spiro atoms. The maximum absolute atomic E-state index is 13.7. The monoisotopic (exact) mass is 457 g/mol. The molecule has 0 bridgehead atoms. The van der Waals surface area contributed by atoms with Gasteiger partial charge in [-0.2, -0.15) is 0 Å². The molecule has 1 aromatic rings. The van der Waals surface area contributed by atoms with Crippen molar-refractivity contribution in [1.29, 1.82) is 0 Å². The number of nitrogens with two attached hydrogens (primary N) is 1. The van der Waals surface area contributed by atoms with E-state index in [9.17, 15) is 34.5 Å². The van der Waals surface area contributed by atoms with E-state index in [-0.39, 0.29) is 24.2 Å². The molecule has 0 heterocycles. The molecule has 33 heavy (non-hydrogen) atoms. The molecular weight excluding hydrogens is 430 g/mol. The highest BCUT2D eigenvalue weighted by Crippen LogP contribution is 2.52. The number of carbonyl (C=O) groups excluding carboxylic acids is 4. The number of benzene rings is 1. The summed E-state index contributed by atoms with van der Waals surface area (Å²) in [5.41, 5.74) is 3.15. The Balaban J connectivity index is 1.93. The summed E-state index contributed by atoms with van der Waals surface area (Å²) < 4.78 is 0. The Bertz CT molecular complexity index is 1140. The highest BCUT2D eigenvalue weighted by atomic mass is 16.3. The average molecular weight is 457 g/mol. The van der Waals surface area contributed by atoms with Gasteiger partial charge in [0.2, 0.25) is 0 Å². The molecule has 1 unspecified atom stereocenters. The lowest BCUT2D eigenvalue weighted by Gasteiger charge is -2.51. The van der Waals surface area contributed by atoms with Crippen LogP contribution in [-0.2, 0) is 20.8 Å². The lowest BCUT2D eigenvalue weighted by molar-refractivity contribution is -0.163. The summed E-state index contributed by atoms with van der Waals surface area (Å²) in [6, 6.07) is 1.96. The highest BCUT2D eigenvalue weighted by Gasteiger charge is 2.66. The van der Waals surface area contributed by atoms with E-state index < -0.39 is 64.0 Å². The van der Waals surface area contributed by atoms with Crippen molar-refractivity contribution in [3.8, 4) is 5.75 Å². The van der Waals surface area contributed by atoms with Gasteiger partial charge in [-0.25, -0.2) is 0 Å². The molecule has 3 aliphatic rings. The van der Waals surface area contributed by atoms with Gasteiger partial charge in [-0.3, -0.25) is 24.1 Å². The quantitative estimate of drug-likeness (QED) is 0.348. The van der Waals surface area contributed by atoms with Gasteiger partial charge >= 0.3 is 0 Å². The molecule has 0 radical (unpaired) electrons. The van der Waals surface area contributed by atoms with Crippen LogP contribution in [0.2, 0.25) is 0 Å². The third kappa shape index (κ3) is 2.94. The zero-order valence-electron chi connectivity index (χ0n) is 18.8. The summed E-state index contributed by atoms with van der Waals surface area (Å²) in [5, 5.41) is 32.8. The second-order valence-corrected chi connectivity index (χ2v) is 9.49. The summed E-state index contributed by atoms with van der Waals surface area (Å²) in [5.74, 6) is -8.09. The first-order chi connectivity index (χ1) is 15.3. The molecule has 5 atom stereocenters. The predicted octanol–water partition coefficient (Wildman–Crippen LogP) is -0.440. The summed E-state index contributed by atoms with van der Waals surface area (Å²) in [6.07, 6.45) is 0.318. The van der Waals surface area contributed by atoms with E-state index in [2.05, 4.69) is 0 Å². The number of aromatic hydroxyl groups is 1. The Morgan fingerprint density at radius 1 is 1.09 bits per heavy atom. The molecule has 5 N–H and O–H groups in total. The number of hydrogen-bond acceptors (Lipinski definition) is 9. The standard InChI is InChI=1S/C23H27N3O7/c1-25(2)12-5-6-13(27)15-10(12)7-9-8-11-17(26(3)4)19(29)16(22(24)32)21(31)23(11,33)20(30)14(9)18(15)28/h5-6,9,11,14,17,27,31,33H,7-8H2,1-4H3,(H2,24,32)/t9-,11-,14?,17-,23-/m0/s1. The molecule has 1 saturated carbocycles. The maximum atomic E-state index is 13.7. The van der Waals surface area contributed by atoms with Gasteiger partial charge in [0, 0.05) is 25.7 Å². The van der Waals surface area contributed by atoms with Gasteiger partial charge in [0.15, 0.2) is 23.0 Å². The van der Waals surface area contributed by atoms with Crippen LogP contribution in [0.15, 0.2) is 23.5 Å². The number of aliphatic hydroxyl groups is 2. The largest absolute Gasteiger partial charge is 0.508 e. The van der Waals surface area contributed by atoms with Crippen molar-refractivity contribution in [3.05, 3.63) is 34.6 Å². The molecule has 1 aromatic carbocycles. The average Bonchev–Trinajstić information content (AvgIpc) is 2.70. The number of phenols is 1. The molecule has 10 heteroatoms. The molecular formula is C23H27N3O7. The van der Waals surface area contributed by atoms with Crippen molar-refractivity contribution >= 4 is 28.9 Å². The third-order valence-corrected chi connectivity index (χ3v) is 7.26. The molecule has 0 aliphatic heterocycles. The Morgan fingerprint density at radius 2 is 1.73 bits per heavy atom. The molecule has 1 fully saturated rings. The number of amides is 1. The molecule has 10 nitrogen and oxygen atoms in total. The molecule has 0 saturated heterocycles. The Labute approximate surface area is 190 Å². The van der Waals surface area contributed by atoms with Gasteiger partial charge in [-0.1, -0.05) is 0 Å². The van der Waals surface area contributed by atoms with Gasteiger partial charge in [0.05, 0.1) is 17.5 Å². The van der Waals surface area contributed by atoms with Gasteiger partial charge in [-0.15, -0.1) is 0 Å². The number of ketones is 3. The van der Waals surface area contributed by atoms with Crippen molar-refractivity contribution in [2.75, 3.05) is 33.1 Å². The van der Waals surface area contributed by atoms with Gasteiger partial charge in [0.25, 0.3) is 5.91 Å². The molecule has 4 rings (SSSR count). The number of rotatable bonds is 3. The van der Waals surface area contributed by atoms with Crippen LogP contribution in [-0.4, -0.2) is 83.3 Å². The fraction of sp³-hybridized carbons (Fsp3) is 0.478. The number of primary amides is 1. The summed E-state index contributed by atoms with van der Waals surface area (Å²) in [7, 11) is 6.71. The van der Waals surface area contributed by atoms with E-state index in [1.807, 2.05) is 0 Å². The van der Waals surface area contributed by atoms with Crippen LogP contribution in [0, 0.1) is 17.8 Å². The van der Waals surface area contributed by atoms with E-state index >= 15 is 0 Å². The highest BCUT2D eigenvalue weighted by molar-refractivity contribution is 6.25. The van der Waals surface area contributed by atoms with Crippen molar-refractivity contribution in [3.63, 3.8) is 0 Å². The van der Waals surface area contributed by atoms with Crippen LogP contribution in [0.4, 0.5) is 5.69 Å². The van der Waals surface area contributed by atoms with Gasteiger partial charge in [-0.05, 0) is 50.6 Å². The predicted molar refractivity (Wildman–Crippen MR) is 117 cm³/mol. The second-order valence-electron chi connectivity index (χ2n) is 9.49. The Morgan fingerprint density at radius 3 is 2.27 bits per heavy atom. The number of aliphatic hydroxyl groups excluding tert-OH is 1. The van der Waals surface area contributed by atoms with Crippen LogP contribution < -0.4 is 10.6 Å². The van der Waals surface area contributed by atoms with Crippen LogP contribution in [0.25, 0.3) is 0 Å². The van der Waals surface area contributed by atoms with Crippen molar-refractivity contribution in [1.82, 2.24) is 4.90 Å². The number of likely N-dealkylation sites (N-methyl/N-ethyl adjacent to an activating group) is 1. The van der Waals surface area contributed by atoms with Crippen LogP contribution in [0.5, 0.6) is 5.75 Å². The zero-order chi connectivity index (χ0) is 24.6. The lowest BCUT2D eigenvalue weighted by Crippen LogP contribution is -2.68. The third-order valence-electron chi connectivity index (χ3n) is 7.26. The molecule has 3 aliphatic carbocycles. The van der Waals surface area contributed by atoms with Crippen molar-refractivity contribution < 1.29 is 34.5 Å². The van der Waals surface area contributed by atoms with E-state index in [4.69, 9.17) is 5.73 Å². The number of fused-ring (bicyclic) bond motifs is 3. The fourth-order valence-electron chi connectivity index (χ4n) is 5.86. The topological polar surface area (TPSA) is 161 Å². The number of phenolic OH excluding ortho intramolecular Hbond substituents is 1. The zero-order valence-corrected chi connectivity index (χ0v) is 18.8. The molecule has 176 valence electrons. The first-order valence-corrected chi connectivity index (χ1v) is 10.6. The maximum Gasteiger partial charge on any atom is 0.255 e. The van der Waals surface area contributed by atoms with E-state index in [0.717, 1.165) is 0 Å². The van der Waals surface area contributed by atoms with Gasteiger partial charge < -0.3 is 26.0 Å². The second kappa shape index (κ2) is 7.39. The minimum atomic E-state index is -2.63. The Hall–Kier alpha value is -3.24. The van der Waals surface area contributed by atoms with Crippen molar-refractivity contribution in [2.45, 2.75) is 24.5 Å². The van der Waals surface area contributed by atoms with Crippen molar-refractivity contribution in [2.24, 2.45) is 23.5 Å². The molecule has 1 amide bonds. The van der Waals surface area contributed by atoms with E-state index in [1.54, 1.807) is 39.2 Å². The number of hydrogen-bond donors (Lipinski definition) is 4. The fourth-order valence-corrected chi connectivity index (χ4v) is 5.86. The number of Topliss-reactive ketones (excluding diaryl/α,β-unsaturated/α-hetero) is 3. The number of anilines is 1.